The summed E-state index contributed by atoms with van der Waals surface area (Å²) in [6.07, 6.45) is 5.92. The lowest BCUT2D eigenvalue weighted by atomic mass is 9.80. The van der Waals surface area contributed by atoms with E-state index in [1.54, 1.807) is 11.1 Å². The van der Waals surface area contributed by atoms with E-state index in [4.69, 9.17) is 0 Å². The van der Waals surface area contributed by atoms with Gasteiger partial charge in [-0.05, 0) is 31.5 Å². The summed E-state index contributed by atoms with van der Waals surface area (Å²) in [5, 5.41) is 0. The van der Waals surface area contributed by atoms with Crippen LogP contribution in [0.3, 0.4) is 0 Å². The van der Waals surface area contributed by atoms with Gasteiger partial charge in [-0.1, -0.05) is 26.0 Å². The molecule has 0 N–H and O–H groups in total. The highest BCUT2D eigenvalue weighted by atomic mass is 15.1. The van der Waals surface area contributed by atoms with Crippen LogP contribution >= 0.6 is 0 Å². The summed E-state index contributed by atoms with van der Waals surface area (Å²) >= 11 is 0. The minimum atomic E-state index is 0.295. The van der Waals surface area contributed by atoms with E-state index in [2.05, 4.69) is 44.9 Å². The van der Waals surface area contributed by atoms with Crippen LogP contribution in [0.15, 0.2) is 23.3 Å². The highest BCUT2D eigenvalue weighted by Crippen LogP contribution is 2.43. The van der Waals surface area contributed by atoms with E-state index in [9.17, 15) is 0 Å². The van der Waals surface area contributed by atoms with Crippen LogP contribution in [0.2, 0.25) is 0 Å². The molecule has 0 aromatic carbocycles. The number of likely N-dealkylation sites (N-methyl/N-ethyl adjacent to an activating group) is 1. The Balaban J connectivity index is 2.39. The molecule has 0 bridgehead atoms. The third kappa shape index (κ3) is 1.26. The molecule has 0 amide bonds. The fourth-order valence-corrected chi connectivity index (χ4v) is 2.64. The lowest BCUT2D eigenvalue weighted by molar-refractivity contribution is 0.252. The third-order valence-electron chi connectivity index (χ3n) is 3.55. The highest BCUT2D eigenvalue weighted by Gasteiger charge is 2.35. The zero-order chi connectivity index (χ0) is 9.64. The molecule has 72 valence electrons. The molecule has 13 heavy (non-hydrogen) atoms. The van der Waals surface area contributed by atoms with Gasteiger partial charge in [-0.25, -0.2) is 0 Å². The van der Waals surface area contributed by atoms with Gasteiger partial charge >= 0.3 is 0 Å². The lowest BCUT2D eigenvalue weighted by Gasteiger charge is -2.37. The maximum Gasteiger partial charge on any atom is 0.0290 e. The second-order valence-corrected chi connectivity index (χ2v) is 4.90. The second-order valence-electron chi connectivity index (χ2n) is 4.90. The predicted molar refractivity (Wildman–Crippen MR) is 56.7 cm³/mol. The topological polar surface area (TPSA) is 3.24 Å². The Morgan fingerprint density at radius 3 is 2.85 bits per heavy atom. The van der Waals surface area contributed by atoms with Gasteiger partial charge in [-0.3, -0.25) is 4.90 Å². The molecule has 0 aromatic rings. The smallest absolute Gasteiger partial charge is 0.0290 e. The van der Waals surface area contributed by atoms with Crippen LogP contribution < -0.4 is 0 Å². The third-order valence-corrected chi connectivity index (χ3v) is 3.55. The number of rotatable bonds is 0. The fourth-order valence-electron chi connectivity index (χ4n) is 2.64. The second kappa shape index (κ2) is 2.71. The predicted octanol–water partition coefficient (Wildman–Crippen LogP) is 2.60. The quantitative estimate of drug-likeness (QED) is 0.550. The van der Waals surface area contributed by atoms with Gasteiger partial charge in [0.05, 0.1) is 0 Å². The number of hydrogen-bond donors (Lipinski definition) is 0. The van der Waals surface area contributed by atoms with Gasteiger partial charge in [0.1, 0.15) is 0 Å². The minimum Gasteiger partial charge on any atom is -0.300 e. The van der Waals surface area contributed by atoms with E-state index in [0.717, 1.165) is 0 Å². The molecule has 2 aliphatic rings. The molecule has 0 spiro atoms. The van der Waals surface area contributed by atoms with Crippen molar-refractivity contribution in [2.24, 2.45) is 5.41 Å². The van der Waals surface area contributed by atoms with Gasteiger partial charge in [-0.15, -0.1) is 0 Å². The first-order valence-corrected chi connectivity index (χ1v) is 5.15. The van der Waals surface area contributed by atoms with Crippen molar-refractivity contribution in [3.05, 3.63) is 23.3 Å². The van der Waals surface area contributed by atoms with Crippen molar-refractivity contribution in [3.8, 4) is 0 Å². The Labute approximate surface area is 81.1 Å². The van der Waals surface area contributed by atoms with E-state index < -0.39 is 0 Å². The van der Waals surface area contributed by atoms with Crippen LogP contribution in [-0.2, 0) is 0 Å². The molecule has 0 aromatic heterocycles. The number of hydrogen-bond acceptors (Lipinski definition) is 1. The van der Waals surface area contributed by atoms with Crippen molar-refractivity contribution in [1.82, 2.24) is 4.90 Å². The van der Waals surface area contributed by atoms with Crippen LogP contribution in [0, 0.1) is 5.41 Å². The van der Waals surface area contributed by atoms with Crippen LogP contribution in [0.25, 0.3) is 0 Å². The average molecular weight is 177 g/mol. The Hall–Kier alpha value is -0.560. The van der Waals surface area contributed by atoms with Gasteiger partial charge in [-0.2, -0.15) is 0 Å². The minimum absolute atomic E-state index is 0.295. The van der Waals surface area contributed by atoms with Gasteiger partial charge in [0.15, 0.2) is 0 Å². The van der Waals surface area contributed by atoms with Gasteiger partial charge < -0.3 is 0 Å². The average Bonchev–Trinajstić information content (AvgIpc) is 2.35. The number of nitrogens with zero attached hydrogens (tertiary/aromatic N) is 1. The van der Waals surface area contributed by atoms with Crippen molar-refractivity contribution in [3.63, 3.8) is 0 Å². The van der Waals surface area contributed by atoms with Gasteiger partial charge in [0, 0.05) is 18.0 Å². The first-order chi connectivity index (χ1) is 6.02. The maximum absolute atomic E-state index is 2.45. The molecule has 1 atom stereocenters. The molecule has 1 unspecified atom stereocenters. The van der Waals surface area contributed by atoms with Crippen LogP contribution in [0.1, 0.15) is 27.2 Å². The maximum atomic E-state index is 2.45. The molecule has 0 saturated carbocycles. The van der Waals surface area contributed by atoms with Crippen molar-refractivity contribution in [1.29, 1.82) is 0 Å². The molecule has 0 radical (unpaired) electrons. The molecule has 2 rings (SSSR count). The molecule has 1 heteroatoms. The Morgan fingerprint density at radius 2 is 2.15 bits per heavy atom. The summed E-state index contributed by atoms with van der Waals surface area (Å²) in [5.74, 6) is 0. The summed E-state index contributed by atoms with van der Waals surface area (Å²) in [6.45, 7) is 8.17. The van der Waals surface area contributed by atoms with Gasteiger partial charge in [0.2, 0.25) is 0 Å². The fraction of sp³-hybridized carbons (Fsp3) is 0.667. The summed E-state index contributed by atoms with van der Waals surface area (Å²) in [5.41, 5.74) is 3.53. The molecule has 0 saturated heterocycles. The van der Waals surface area contributed by atoms with Crippen LogP contribution in [0.4, 0.5) is 0 Å². The Morgan fingerprint density at radius 1 is 1.46 bits per heavy atom. The molecule has 1 nitrogen and oxygen atoms in total. The van der Waals surface area contributed by atoms with Crippen molar-refractivity contribution in [2.75, 3.05) is 13.6 Å². The van der Waals surface area contributed by atoms with E-state index in [1.165, 1.54) is 13.0 Å². The molecular formula is C12H19N. The molecule has 1 heterocycles. The molecule has 0 fully saturated rings. The number of allylic oxidation sites excluding steroid dienone is 2. The van der Waals surface area contributed by atoms with Crippen LogP contribution in [-0.4, -0.2) is 24.5 Å². The standard InChI is InChI=1S/C12H19N/c1-9-11-10(6-8-13(9)4)5-7-12(11,2)3/h5,7,9H,6,8H2,1-4H3. The van der Waals surface area contributed by atoms with E-state index in [-0.39, 0.29) is 0 Å². The van der Waals surface area contributed by atoms with E-state index >= 15 is 0 Å². The molecule has 1 aliphatic heterocycles. The first kappa shape index (κ1) is 9.01. The SMILES string of the molecule is CC1C2=C(C=CC2(C)C)CCN1C. The van der Waals surface area contributed by atoms with E-state index in [1.807, 2.05) is 0 Å². The zero-order valence-corrected chi connectivity index (χ0v) is 9.09. The first-order valence-electron chi connectivity index (χ1n) is 5.15. The Bertz CT molecular complexity index is 283. The lowest BCUT2D eigenvalue weighted by Crippen LogP contribution is -2.38. The zero-order valence-electron chi connectivity index (χ0n) is 9.09. The normalized spacial score (nSPS) is 32.5. The largest absolute Gasteiger partial charge is 0.300 e. The van der Waals surface area contributed by atoms with Gasteiger partial charge in [0.25, 0.3) is 0 Å². The highest BCUT2D eigenvalue weighted by molar-refractivity contribution is 5.44. The monoisotopic (exact) mass is 177 g/mol. The summed E-state index contributed by atoms with van der Waals surface area (Å²) in [4.78, 5) is 2.45. The van der Waals surface area contributed by atoms with E-state index in [0.29, 0.717) is 11.5 Å². The molecule has 1 aliphatic carbocycles. The molecular weight excluding hydrogens is 158 g/mol. The van der Waals surface area contributed by atoms with Crippen LogP contribution in [0.5, 0.6) is 0 Å². The van der Waals surface area contributed by atoms with Crippen molar-refractivity contribution < 1.29 is 0 Å². The van der Waals surface area contributed by atoms with Crippen molar-refractivity contribution >= 4 is 0 Å². The van der Waals surface area contributed by atoms with Crippen molar-refractivity contribution in [2.45, 2.75) is 33.2 Å². The summed E-state index contributed by atoms with van der Waals surface area (Å²) in [7, 11) is 2.23. The summed E-state index contributed by atoms with van der Waals surface area (Å²) < 4.78 is 0. The summed E-state index contributed by atoms with van der Waals surface area (Å²) in [6, 6.07) is 0.619. The Kier molecular flexibility index (Phi) is 1.88.